The number of ether oxygens (including phenoxy) is 3. The summed E-state index contributed by atoms with van der Waals surface area (Å²) in [6, 6.07) is 2.70. The molecule has 2 N–H and O–H groups in total. The minimum Gasteiger partial charge on any atom is -0.508 e. The number of rotatable bonds is 2. The Hall–Kier alpha value is -1.87. The van der Waals surface area contributed by atoms with Crippen molar-refractivity contribution in [2.24, 2.45) is 0 Å². The van der Waals surface area contributed by atoms with Gasteiger partial charge in [-0.3, -0.25) is 0 Å². The van der Waals surface area contributed by atoms with Crippen molar-refractivity contribution in [3.05, 3.63) is 35.4 Å². The van der Waals surface area contributed by atoms with Crippen LogP contribution in [0.5, 0.6) is 11.5 Å². The largest absolute Gasteiger partial charge is 0.508 e. The van der Waals surface area contributed by atoms with Gasteiger partial charge in [-0.15, -0.1) is 0 Å². The van der Waals surface area contributed by atoms with Gasteiger partial charge in [-0.25, -0.2) is 4.79 Å². The summed E-state index contributed by atoms with van der Waals surface area (Å²) in [5, 5.41) is 20.8. The predicted molar refractivity (Wildman–Crippen MR) is 137 cm³/mol. The van der Waals surface area contributed by atoms with E-state index in [9.17, 15) is 15.0 Å². The molecule has 4 atom stereocenters. The lowest BCUT2D eigenvalue weighted by Crippen LogP contribution is -2.44. The number of cyclic esters (lactones) is 1. The van der Waals surface area contributed by atoms with E-state index in [1.807, 2.05) is 32.9 Å². The SMILES string of the molecule is C[C@H]1CC=C[C@H]2OC(C)(C)O[C@H]2CCC(O[Si](C)(C)C(C)(C)C)Cc2cc(O)cc(O)c2C(=O)O1. The molecule has 1 saturated heterocycles. The molecule has 7 nitrogen and oxygen atoms in total. The van der Waals surface area contributed by atoms with E-state index in [4.69, 9.17) is 18.6 Å². The van der Waals surface area contributed by atoms with Crippen LogP contribution in [-0.4, -0.2) is 54.7 Å². The first-order chi connectivity index (χ1) is 16.1. The normalized spacial score (nSPS) is 28.1. The van der Waals surface area contributed by atoms with E-state index in [-0.39, 0.29) is 40.4 Å². The highest BCUT2D eigenvalue weighted by Crippen LogP contribution is 2.40. The number of carbonyl (C=O) groups is 1. The van der Waals surface area contributed by atoms with E-state index in [2.05, 4.69) is 33.9 Å². The average molecular weight is 507 g/mol. The van der Waals surface area contributed by atoms with Gasteiger partial charge in [0.1, 0.15) is 29.3 Å². The fourth-order valence-electron chi connectivity index (χ4n) is 4.40. The predicted octanol–water partition coefficient (Wildman–Crippen LogP) is 5.84. The molecular formula is C27H42O7Si. The molecule has 2 aliphatic heterocycles. The molecule has 1 aromatic rings. The summed E-state index contributed by atoms with van der Waals surface area (Å²) in [7, 11) is -2.17. The zero-order chi connectivity index (χ0) is 26.2. The number of fused-ring (bicyclic) bond motifs is 2. The third-order valence-electron chi connectivity index (χ3n) is 7.20. The molecule has 0 spiro atoms. The zero-order valence-corrected chi connectivity index (χ0v) is 23.4. The lowest BCUT2D eigenvalue weighted by atomic mass is 9.96. The second-order valence-electron chi connectivity index (χ2n) is 11.8. The third kappa shape index (κ3) is 6.87. The van der Waals surface area contributed by atoms with Gasteiger partial charge >= 0.3 is 5.97 Å². The van der Waals surface area contributed by atoms with Gasteiger partial charge in [0.15, 0.2) is 14.1 Å². The number of hydrogen-bond donors (Lipinski definition) is 2. The number of esters is 1. The van der Waals surface area contributed by atoms with Gasteiger partial charge in [-0.1, -0.05) is 32.9 Å². The van der Waals surface area contributed by atoms with Crippen molar-refractivity contribution in [2.75, 3.05) is 0 Å². The molecule has 1 aromatic carbocycles. The Balaban J connectivity index is 2.01. The molecule has 3 rings (SSSR count). The van der Waals surface area contributed by atoms with Crippen LogP contribution in [0.4, 0.5) is 0 Å². The number of benzene rings is 1. The van der Waals surface area contributed by atoms with E-state index >= 15 is 0 Å². The van der Waals surface area contributed by atoms with Crippen LogP contribution in [0, 0.1) is 0 Å². The number of phenols is 2. The number of phenolic OH excluding ortho intramolecular Hbond substituents is 2. The molecular weight excluding hydrogens is 464 g/mol. The quantitative estimate of drug-likeness (QED) is 0.296. The highest BCUT2D eigenvalue weighted by atomic mass is 28.4. The summed E-state index contributed by atoms with van der Waals surface area (Å²) >= 11 is 0. The van der Waals surface area contributed by atoms with Crippen molar-refractivity contribution in [1.82, 2.24) is 0 Å². The molecule has 2 aliphatic rings. The van der Waals surface area contributed by atoms with Crippen LogP contribution in [0.1, 0.15) is 76.7 Å². The molecule has 0 amide bonds. The first kappa shape index (κ1) is 27.7. The smallest absolute Gasteiger partial charge is 0.342 e. The molecule has 0 saturated carbocycles. The molecule has 1 fully saturated rings. The summed E-state index contributed by atoms with van der Waals surface area (Å²) in [6.07, 6.45) is 5.18. The van der Waals surface area contributed by atoms with Crippen molar-refractivity contribution < 1.29 is 33.6 Å². The fourth-order valence-corrected chi connectivity index (χ4v) is 5.79. The molecule has 0 radical (unpaired) electrons. The first-order valence-electron chi connectivity index (χ1n) is 12.5. The summed E-state index contributed by atoms with van der Waals surface area (Å²) in [4.78, 5) is 13.1. The molecule has 2 heterocycles. The monoisotopic (exact) mass is 506 g/mol. The Bertz CT molecular complexity index is 948. The van der Waals surface area contributed by atoms with Crippen LogP contribution in [0.25, 0.3) is 0 Å². The number of hydrogen-bond acceptors (Lipinski definition) is 7. The molecule has 8 heteroatoms. The van der Waals surface area contributed by atoms with E-state index in [0.29, 0.717) is 31.2 Å². The van der Waals surface area contributed by atoms with Gasteiger partial charge in [0.25, 0.3) is 0 Å². The van der Waals surface area contributed by atoms with Crippen molar-refractivity contribution in [3.63, 3.8) is 0 Å². The van der Waals surface area contributed by atoms with Gasteiger partial charge in [-0.2, -0.15) is 0 Å². The lowest BCUT2D eigenvalue weighted by Gasteiger charge is -2.40. The average Bonchev–Trinajstić information content (AvgIpc) is 2.97. The Morgan fingerprint density at radius 2 is 1.80 bits per heavy atom. The summed E-state index contributed by atoms with van der Waals surface area (Å²) in [5.74, 6) is -1.70. The van der Waals surface area contributed by atoms with Crippen molar-refractivity contribution >= 4 is 14.3 Å². The molecule has 0 aromatic heterocycles. The van der Waals surface area contributed by atoms with Gasteiger partial charge in [-0.05, 0) is 69.8 Å². The van der Waals surface area contributed by atoms with Gasteiger partial charge in [0.2, 0.25) is 0 Å². The topological polar surface area (TPSA) is 94.5 Å². The van der Waals surface area contributed by atoms with Crippen molar-refractivity contribution in [2.45, 2.75) is 116 Å². The minimum absolute atomic E-state index is 0.00945. The van der Waals surface area contributed by atoms with E-state index < -0.39 is 26.2 Å². The molecule has 1 unspecified atom stereocenters. The maximum absolute atomic E-state index is 13.1. The summed E-state index contributed by atoms with van der Waals surface area (Å²) < 4.78 is 24.8. The number of aromatic hydroxyl groups is 2. The first-order valence-corrected chi connectivity index (χ1v) is 15.4. The van der Waals surface area contributed by atoms with E-state index in [1.165, 1.54) is 12.1 Å². The van der Waals surface area contributed by atoms with Crippen LogP contribution < -0.4 is 0 Å². The van der Waals surface area contributed by atoms with E-state index in [0.717, 1.165) is 0 Å². The van der Waals surface area contributed by atoms with Gasteiger partial charge in [0.05, 0.1) is 6.10 Å². The van der Waals surface area contributed by atoms with Crippen molar-refractivity contribution in [3.8, 4) is 11.5 Å². The fraction of sp³-hybridized carbons (Fsp3) is 0.667. The highest BCUT2D eigenvalue weighted by molar-refractivity contribution is 6.74. The maximum Gasteiger partial charge on any atom is 0.342 e. The van der Waals surface area contributed by atoms with Crippen LogP contribution in [0.2, 0.25) is 18.1 Å². The Labute approximate surface area is 210 Å². The second-order valence-corrected chi connectivity index (χ2v) is 16.6. The van der Waals surface area contributed by atoms with E-state index in [1.54, 1.807) is 0 Å². The van der Waals surface area contributed by atoms with Crippen LogP contribution in [0.15, 0.2) is 24.3 Å². The van der Waals surface area contributed by atoms with Crippen molar-refractivity contribution in [1.29, 1.82) is 0 Å². The molecule has 0 bridgehead atoms. The Morgan fingerprint density at radius 1 is 1.11 bits per heavy atom. The van der Waals surface area contributed by atoms with Crippen LogP contribution >= 0.6 is 0 Å². The molecule has 0 aliphatic carbocycles. The standard InChI is InChI=1S/C27H42O7Si/c1-17-10-9-11-22-23(33-27(5,6)32-22)13-12-20(34-35(7,8)26(2,3)4)15-18-14-19(28)16-21(29)24(18)25(30)31-17/h9,11,14,16-17,20,22-23,28-29H,10,12-13,15H2,1-8H3/t17-,20?,22+,23-/m0/s1. The van der Waals surface area contributed by atoms with Gasteiger partial charge in [0, 0.05) is 18.6 Å². The van der Waals surface area contributed by atoms with Crippen LogP contribution in [-0.2, 0) is 25.1 Å². The molecule has 35 heavy (non-hydrogen) atoms. The summed E-state index contributed by atoms with van der Waals surface area (Å²) in [5.41, 5.74) is 0.593. The highest BCUT2D eigenvalue weighted by Gasteiger charge is 2.42. The zero-order valence-electron chi connectivity index (χ0n) is 22.4. The lowest BCUT2D eigenvalue weighted by molar-refractivity contribution is -0.144. The van der Waals surface area contributed by atoms with Gasteiger partial charge < -0.3 is 28.8 Å². The Kier molecular flexibility index (Phi) is 8.11. The second kappa shape index (κ2) is 10.2. The number of carbonyl (C=O) groups excluding carboxylic acids is 1. The third-order valence-corrected chi connectivity index (χ3v) is 11.7. The maximum atomic E-state index is 13.1. The molecule has 196 valence electrons. The van der Waals surface area contributed by atoms with Crippen LogP contribution in [0.3, 0.4) is 0 Å². The minimum atomic E-state index is -2.17. The summed E-state index contributed by atoms with van der Waals surface area (Å²) in [6.45, 7) is 16.6. The Morgan fingerprint density at radius 3 is 2.46 bits per heavy atom.